The number of aromatic nitrogens is 3. The van der Waals surface area contributed by atoms with Crippen molar-refractivity contribution in [3.05, 3.63) is 23.2 Å². The van der Waals surface area contributed by atoms with Gasteiger partial charge in [-0.3, -0.25) is 9.40 Å². The van der Waals surface area contributed by atoms with Gasteiger partial charge in [-0.25, -0.2) is 8.42 Å². The number of nitrogens with one attached hydrogen (secondary N) is 1. The van der Waals surface area contributed by atoms with Gasteiger partial charge in [0.1, 0.15) is 16.5 Å². The molecule has 108 valence electrons. The van der Waals surface area contributed by atoms with E-state index in [9.17, 15) is 8.42 Å². The predicted octanol–water partition coefficient (Wildman–Crippen LogP) is 0.460. The molecule has 2 heterocycles. The average molecular weight is 315 g/mol. The molecule has 0 bridgehead atoms. The van der Waals surface area contributed by atoms with Crippen LogP contribution >= 0.6 is 12.2 Å². The first-order valence-corrected chi connectivity index (χ1v) is 7.40. The lowest BCUT2D eigenvalue weighted by Crippen LogP contribution is -2.20. The van der Waals surface area contributed by atoms with Gasteiger partial charge in [-0.15, -0.1) is 0 Å². The smallest absolute Gasteiger partial charge is 0.268 e. The van der Waals surface area contributed by atoms with Crippen molar-refractivity contribution in [2.75, 3.05) is 4.72 Å². The van der Waals surface area contributed by atoms with Crippen molar-refractivity contribution in [2.24, 2.45) is 12.8 Å². The van der Waals surface area contributed by atoms with Crippen molar-refractivity contribution in [2.45, 2.75) is 18.7 Å². The first-order valence-electron chi connectivity index (χ1n) is 5.51. The maximum absolute atomic E-state index is 12.4. The molecule has 0 amide bonds. The number of nitrogens with zero attached hydrogens (tertiary/aromatic N) is 3. The fraction of sp³-hybridized carbons (Fsp3) is 0.300. The summed E-state index contributed by atoms with van der Waals surface area (Å²) in [5.74, 6) is 0.395. The monoisotopic (exact) mass is 315 g/mol. The van der Waals surface area contributed by atoms with E-state index in [4.69, 9.17) is 22.5 Å². The third kappa shape index (κ3) is 2.39. The van der Waals surface area contributed by atoms with Crippen LogP contribution in [0.2, 0.25) is 0 Å². The Morgan fingerprint density at radius 3 is 2.65 bits per heavy atom. The van der Waals surface area contributed by atoms with E-state index in [2.05, 4.69) is 15.0 Å². The van der Waals surface area contributed by atoms with E-state index < -0.39 is 10.0 Å². The molecule has 10 heteroatoms. The lowest BCUT2D eigenvalue weighted by atomic mass is 10.3. The number of anilines is 1. The number of nitrogens with two attached hydrogens (primary N) is 1. The molecule has 8 nitrogen and oxygen atoms in total. The van der Waals surface area contributed by atoms with Gasteiger partial charge in [0.15, 0.2) is 10.7 Å². The van der Waals surface area contributed by atoms with Gasteiger partial charge >= 0.3 is 0 Å². The zero-order chi connectivity index (χ0) is 15.1. The van der Waals surface area contributed by atoms with Crippen molar-refractivity contribution in [1.29, 1.82) is 0 Å². The largest absolute Gasteiger partial charge is 0.389 e. The van der Waals surface area contributed by atoms with Crippen LogP contribution < -0.4 is 10.5 Å². The molecule has 20 heavy (non-hydrogen) atoms. The third-order valence-corrected chi connectivity index (χ3v) is 4.47. The Hall–Kier alpha value is -1.94. The summed E-state index contributed by atoms with van der Waals surface area (Å²) in [6.07, 6.45) is 1.40. The Morgan fingerprint density at radius 2 is 2.15 bits per heavy atom. The van der Waals surface area contributed by atoms with E-state index in [-0.39, 0.29) is 27.2 Å². The third-order valence-electron chi connectivity index (χ3n) is 2.67. The van der Waals surface area contributed by atoms with Crippen LogP contribution in [0.1, 0.15) is 17.0 Å². The molecule has 0 aromatic carbocycles. The minimum absolute atomic E-state index is 0.00686. The molecule has 0 saturated carbocycles. The second kappa shape index (κ2) is 4.87. The second-order valence-corrected chi connectivity index (χ2v) is 6.21. The maximum atomic E-state index is 12.4. The maximum Gasteiger partial charge on any atom is 0.268 e. The molecule has 0 spiro atoms. The Labute approximate surface area is 121 Å². The zero-order valence-electron chi connectivity index (χ0n) is 11.0. The predicted molar refractivity (Wildman–Crippen MR) is 75.9 cm³/mol. The number of hydrogen-bond donors (Lipinski definition) is 2. The molecule has 0 unspecified atom stereocenters. The van der Waals surface area contributed by atoms with E-state index >= 15 is 0 Å². The fourth-order valence-electron chi connectivity index (χ4n) is 1.78. The van der Waals surface area contributed by atoms with Crippen LogP contribution in [0.4, 0.5) is 5.82 Å². The highest BCUT2D eigenvalue weighted by Gasteiger charge is 2.26. The Kier molecular flexibility index (Phi) is 3.52. The molecule has 0 fully saturated rings. The Morgan fingerprint density at radius 1 is 1.50 bits per heavy atom. The van der Waals surface area contributed by atoms with Gasteiger partial charge in [0.25, 0.3) is 10.0 Å². The summed E-state index contributed by atoms with van der Waals surface area (Å²) in [6, 6.07) is 0. The van der Waals surface area contributed by atoms with Gasteiger partial charge in [-0.1, -0.05) is 17.4 Å². The van der Waals surface area contributed by atoms with Gasteiger partial charge in [0, 0.05) is 7.05 Å². The first-order chi connectivity index (χ1) is 9.24. The van der Waals surface area contributed by atoms with Gasteiger partial charge in [-0.05, 0) is 13.8 Å². The Balaban J connectivity index is 2.50. The summed E-state index contributed by atoms with van der Waals surface area (Å²) in [7, 11) is -2.29. The van der Waals surface area contributed by atoms with Crippen molar-refractivity contribution in [3.63, 3.8) is 0 Å². The highest BCUT2D eigenvalue weighted by molar-refractivity contribution is 7.92. The summed E-state index contributed by atoms with van der Waals surface area (Å²) in [4.78, 5) is 0.0437. The molecule has 0 atom stereocenters. The Bertz CT molecular complexity index is 755. The molecular weight excluding hydrogens is 302 g/mol. The number of rotatable bonds is 4. The van der Waals surface area contributed by atoms with Crippen molar-refractivity contribution in [1.82, 2.24) is 14.9 Å². The molecule has 2 rings (SSSR count). The van der Waals surface area contributed by atoms with Crippen LogP contribution in [0.3, 0.4) is 0 Å². The van der Waals surface area contributed by atoms with Crippen LogP contribution in [-0.2, 0) is 17.1 Å². The highest BCUT2D eigenvalue weighted by atomic mass is 32.2. The minimum Gasteiger partial charge on any atom is -0.389 e. The topological polar surface area (TPSA) is 116 Å². The lowest BCUT2D eigenvalue weighted by Gasteiger charge is -2.09. The SMILES string of the molecule is Cc1noc(C)c1S(=O)(=O)Nc1c(C(N)=S)cnn1C. The van der Waals surface area contributed by atoms with E-state index in [1.807, 2.05) is 0 Å². The second-order valence-electron chi connectivity index (χ2n) is 4.15. The van der Waals surface area contributed by atoms with Crippen LogP contribution in [0.5, 0.6) is 0 Å². The normalized spacial score (nSPS) is 11.6. The molecule has 0 saturated heterocycles. The lowest BCUT2D eigenvalue weighted by molar-refractivity contribution is 0.390. The average Bonchev–Trinajstić information content (AvgIpc) is 2.84. The number of sulfonamides is 1. The van der Waals surface area contributed by atoms with Gasteiger partial charge in [0.05, 0.1) is 11.8 Å². The van der Waals surface area contributed by atoms with Gasteiger partial charge in [0.2, 0.25) is 0 Å². The standard InChI is InChI=1S/C10H13N5O3S2/c1-5-8(6(2)18-13-5)20(16,17)14-10-7(9(11)19)4-12-15(10)3/h4,14H,1-3H3,(H2,11,19). The first kappa shape index (κ1) is 14.5. The van der Waals surface area contributed by atoms with Gasteiger partial charge in [-0.2, -0.15) is 5.10 Å². The van der Waals surface area contributed by atoms with Crippen LogP contribution in [0, 0.1) is 13.8 Å². The van der Waals surface area contributed by atoms with E-state index in [1.165, 1.54) is 17.8 Å². The van der Waals surface area contributed by atoms with Crippen molar-refractivity contribution >= 4 is 33.0 Å². The molecule has 0 aliphatic heterocycles. The summed E-state index contributed by atoms with van der Waals surface area (Å²) in [5.41, 5.74) is 6.16. The summed E-state index contributed by atoms with van der Waals surface area (Å²) in [6.45, 7) is 3.06. The molecule has 0 radical (unpaired) electrons. The summed E-state index contributed by atoms with van der Waals surface area (Å²) >= 11 is 4.86. The van der Waals surface area contributed by atoms with Crippen LogP contribution in [0.25, 0.3) is 0 Å². The van der Waals surface area contributed by atoms with Crippen LogP contribution in [-0.4, -0.2) is 28.3 Å². The molecular formula is C10H13N5O3S2. The van der Waals surface area contributed by atoms with E-state index in [0.29, 0.717) is 5.56 Å². The summed E-state index contributed by atoms with van der Waals surface area (Å²) < 4.78 is 33.4. The molecule has 3 N–H and O–H groups in total. The minimum atomic E-state index is -3.86. The number of aryl methyl sites for hydroxylation is 3. The van der Waals surface area contributed by atoms with Gasteiger partial charge < -0.3 is 10.3 Å². The molecule has 2 aromatic heterocycles. The number of hydrogen-bond acceptors (Lipinski definition) is 6. The molecule has 0 aliphatic rings. The van der Waals surface area contributed by atoms with Crippen molar-refractivity contribution < 1.29 is 12.9 Å². The van der Waals surface area contributed by atoms with E-state index in [0.717, 1.165) is 0 Å². The number of thiocarbonyl (C=S) groups is 1. The summed E-state index contributed by atoms with van der Waals surface area (Å²) in [5, 5.41) is 7.56. The van der Waals surface area contributed by atoms with Crippen LogP contribution in [0.15, 0.2) is 15.6 Å². The van der Waals surface area contributed by atoms with Crippen molar-refractivity contribution in [3.8, 4) is 0 Å². The molecule has 2 aromatic rings. The highest BCUT2D eigenvalue weighted by Crippen LogP contribution is 2.23. The van der Waals surface area contributed by atoms with E-state index in [1.54, 1.807) is 14.0 Å². The fourth-order valence-corrected chi connectivity index (χ4v) is 3.37. The zero-order valence-corrected chi connectivity index (χ0v) is 12.7. The molecule has 0 aliphatic carbocycles. The quantitative estimate of drug-likeness (QED) is 0.787.